The molecule has 2 aromatic rings. The van der Waals surface area contributed by atoms with E-state index in [0.29, 0.717) is 25.3 Å². The lowest BCUT2D eigenvalue weighted by molar-refractivity contribution is -0.384. The van der Waals surface area contributed by atoms with Crippen molar-refractivity contribution >= 4 is 21.4 Å². The molecule has 1 atom stereocenters. The lowest BCUT2D eigenvalue weighted by Crippen LogP contribution is -2.30. The number of rotatable bonds is 10. The number of anilines is 1. The highest BCUT2D eigenvalue weighted by Gasteiger charge is 2.21. The minimum absolute atomic E-state index is 0.0328. The predicted molar refractivity (Wildman–Crippen MR) is 114 cm³/mol. The van der Waals surface area contributed by atoms with E-state index in [4.69, 9.17) is 0 Å². The molecule has 0 bridgehead atoms. The molecule has 0 aromatic heterocycles. The van der Waals surface area contributed by atoms with Gasteiger partial charge in [-0.1, -0.05) is 32.0 Å². The molecule has 158 valence electrons. The van der Waals surface area contributed by atoms with Crippen molar-refractivity contribution in [2.75, 3.05) is 25.5 Å². The maximum absolute atomic E-state index is 12.6. The van der Waals surface area contributed by atoms with Crippen molar-refractivity contribution in [3.05, 3.63) is 63.7 Å². The molecule has 0 unspecified atom stereocenters. The summed E-state index contributed by atoms with van der Waals surface area (Å²) in [6.45, 7) is 6.90. The molecule has 0 radical (unpaired) electrons. The van der Waals surface area contributed by atoms with Gasteiger partial charge in [0.25, 0.3) is 5.69 Å². The Bertz CT molecular complexity index is 941. The van der Waals surface area contributed by atoms with Gasteiger partial charge in [0.1, 0.15) is 5.69 Å². The molecular weight excluding hydrogens is 392 g/mol. The molecule has 2 N–H and O–H groups in total. The molecule has 0 fully saturated rings. The third-order valence-electron chi connectivity index (χ3n) is 4.86. The highest BCUT2D eigenvalue weighted by Crippen LogP contribution is 2.25. The van der Waals surface area contributed by atoms with Gasteiger partial charge in [0.2, 0.25) is 10.0 Å². The van der Waals surface area contributed by atoms with Crippen molar-refractivity contribution in [3.8, 4) is 0 Å². The highest BCUT2D eigenvalue weighted by molar-refractivity contribution is 7.89. The zero-order chi connectivity index (χ0) is 21.6. The Kier molecular flexibility index (Phi) is 7.72. The summed E-state index contributed by atoms with van der Waals surface area (Å²) in [5.74, 6) is 0. The number of nitrogens with one attached hydrogen (secondary N) is 2. The van der Waals surface area contributed by atoms with E-state index in [1.165, 1.54) is 4.31 Å². The van der Waals surface area contributed by atoms with E-state index < -0.39 is 14.9 Å². The first kappa shape index (κ1) is 22.8. The van der Waals surface area contributed by atoms with E-state index in [9.17, 15) is 18.5 Å². The van der Waals surface area contributed by atoms with Gasteiger partial charge in [0.15, 0.2) is 0 Å². The minimum Gasteiger partial charge on any atom is -0.383 e. The molecular formula is C20H28N4O4S. The Morgan fingerprint density at radius 1 is 1.10 bits per heavy atom. The van der Waals surface area contributed by atoms with Gasteiger partial charge in [-0.3, -0.25) is 10.1 Å². The van der Waals surface area contributed by atoms with Gasteiger partial charge in [-0.15, -0.1) is 0 Å². The molecule has 0 heterocycles. The Labute approximate surface area is 172 Å². The summed E-state index contributed by atoms with van der Waals surface area (Å²) < 4.78 is 26.6. The van der Waals surface area contributed by atoms with Crippen LogP contribution in [0.5, 0.6) is 0 Å². The molecule has 9 heteroatoms. The van der Waals surface area contributed by atoms with Gasteiger partial charge in [-0.2, -0.15) is 4.31 Å². The first-order valence-electron chi connectivity index (χ1n) is 9.53. The third kappa shape index (κ3) is 5.31. The fourth-order valence-electron chi connectivity index (χ4n) is 3.08. The van der Waals surface area contributed by atoms with E-state index in [-0.39, 0.29) is 16.6 Å². The van der Waals surface area contributed by atoms with Crippen molar-refractivity contribution in [1.29, 1.82) is 0 Å². The average molecular weight is 421 g/mol. The van der Waals surface area contributed by atoms with Crippen molar-refractivity contribution in [2.24, 2.45) is 0 Å². The largest absolute Gasteiger partial charge is 0.383 e. The summed E-state index contributed by atoms with van der Waals surface area (Å²) in [6.07, 6.45) is 0. The van der Waals surface area contributed by atoms with Gasteiger partial charge in [0, 0.05) is 38.8 Å². The molecule has 0 amide bonds. The quantitative estimate of drug-likeness (QED) is 0.450. The second-order valence-electron chi connectivity index (χ2n) is 6.62. The lowest BCUT2D eigenvalue weighted by atomic mass is 10.1. The number of sulfonamides is 1. The Balaban J connectivity index is 2.09. The van der Waals surface area contributed by atoms with Crippen LogP contribution in [-0.2, 0) is 16.6 Å². The van der Waals surface area contributed by atoms with Crippen LogP contribution in [0.4, 0.5) is 11.4 Å². The summed E-state index contributed by atoms with van der Waals surface area (Å²) in [6, 6.07) is 11.8. The Hall–Kier alpha value is -2.49. The lowest BCUT2D eigenvalue weighted by Gasteiger charge is -2.19. The van der Waals surface area contributed by atoms with Gasteiger partial charge in [-0.05, 0) is 36.2 Å². The summed E-state index contributed by atoms with van der Waals surface area (Å²) in [5, 5.41) is 17.3. The van der Waals surface area contributed by atoms with Crippen LogP contribution in [-0.4, -0.2) is 37.8 Å². The number of nitro groups is 1. The number of nitro benzene ring substituents is 1. The van der Waals surface area contributed by atoms with Crippen LogP contribution in [0.1, 0.15) is 37.9 Å². The van der Waals surface area contributed by atoms with E-state index in [1.54, 1.807) is 43.4 Å². The summed E-state index contributed by atoms with van der Waals surface area (Å²) in [4.78, 5) is 11.1. The van der Waals surface area contributed by atoms with Crippen LogP contribution in [0.3, 0.4) is 0 Å². The third-order valence-corrected chi connectivity index (χ3v) is 6.93. The molecule has 8 nitrogen and oxygen atoms in total. The van der Waals surface area contributed by atoms with Gasteiger partial charge in [0.05, 0.1) is 9.82 Å². The topological polar surface area (TPSA) is 105 Å². The first-order chi connectivity index (χ1) is 13.7. The average Bonchev–Trinajstić information content (AvgIpc) is 2.72. The fourth-order valence-corrected chi connectivity index (χ4v) is 4.54. The molecule has 0 saturated carbocycles. The van der Waals surface area contributed by atoms with E-state index in [2.05, 4.69) is 10.6 Å². The maximum atomic E-state index is 12.6. The van der Waals surface area contributed by atoms with Crippen LogP contribution in [0.15, 0.2) is 47.4 Å². The van der Waals surface area contributed by atoms with Crippen LogP contribution in [0.2, 0.25) is 0 Å². The number of hydrogen-bond acceptors (Lipinski definition) is 6. The maximum Gasteiger partial charge on any atom is 0.292 e. The normalized spacial score (nSPS) is 12.7. The fraction of sp³-hybridized carbons (Fsp3) is 0.400. The molecule has 0 saturated heterocycles. The van der Waals surface area contributed by atoms with Crippen LogP contribution in [0, 0.1) is 10.1 Å². The minimum atomic E-state index is -3.48. The second kappa shape index (κ2) is 9.82. The van der Waals surface area contributed by atoms with Crippen LogP contribution < -0.4 is 10.6 Å². The van der Waals surface area contributed by atoms with Crippen LogP contribution in [0.25, 0.3) is 0 Å². The van der Waals surface area contributed by atoms with E-state index in [0.717, 1.165) is 11.1 Å². The number of benzene rings is 2. The molecule has 0 aliphatic heterocycles. The van der Waals surface area contributed by atoms with Crippen molar-refractivity contribution in [2.45, 2.75) is 38.3 Å². The SMILES string of the molecule is CCN(CC)S(=O)(=O)c1ccc([C@H](C)NCc2ccc(NC)c([N+](=O)[O-])c2)cc1. The van der Waals surface area contributed by atoms with Crippen LogP contribution >= 0.6 is 0 Å². The van der Waals surface area contributed by atoms with Gasteiger partial charge in [-0.25, -0.2) is 8.42 Å². The summed E-state index contributed by atoms with van der Waals surface area (Å²) in [7, 11) is -1.83. The molecule has 2 aromatic carbocycles. The standard InChI is InChI=1S/C20H28N4O4S/c1-5-23(6-2)29(27,28)18-10-8-17(9-11-18)15(3)22-14-16-7-12-19(21-4)20(13-16)24(25)26/h7-13,15,21-22H,5-6,14H2,1-4H3/t15-/m0/s1. The second-order valence-corrected chi connectivity index (χ2v) is 8.56. The van der Waals surface area contributed by atoms with Gasteiger partial charge >= 0.3 is 0 Å². The molecule has 0 aliphatic rings. The molecule has 0 aliphatic carbocycles. The Morgan fingerprint density at radius 2 is 1.72 bits per heavy atom. The molecule has 0 spiro atoms. The van der Waals surface area contributed by atoms with Crippen molar-refractivity contribution in [3.63, 3.8) is 0 Å². The number of hydrogen-bond donors (Lipinski definition) is 2. The molecule has 29 heavy (non-hydrogen) atoms. The molecule has 2 rings (SSSR count). The summed E-state index contributed by atoms with van der Waals surface area (Å²) >= 11 is 0. The highest BCUT2D eigenvalue weighted by atomic mass is 32.2. The summed E-state index contributed by atoms with van der Waals surface area (Å²) in [5.41, 5.74) is 2.23. The zero-order valence-corrected chi connectivity index (χ0v) is 18.0. The number of nitrogens with zero attached hydrogens (tertiary/aromatic N) is 2. The Morgan fingerprint density at radius 3 is 2.24 bits per heavy atom. The van der Waals surface area contributed by atoms with Crippen molar-refractivity contribution in [1.82, 2.24) is 9.62 Å². The van der Waals surface area contributed by atoms with Gasteiger partial charge < -0.3 is 10.6 Å². The predicted octanol–water partition coefficient (Wildman–Crippen LogP) is 3.52. The zero-order valence-electron chi connectivity index (χ0n) is 17.2. The van der Waals surface area contributed by atoms with Crippen molar-refractivity contribution < 1.29 is 13.3 Å². The van der Waals surface area contributed by atoms with E-state index >= 15 is 0 Å². The first-order valence-corrected chi connectivity index (χ1v) is 11.0. The smallest absolute Gasteiger partial charge is 0.292 e. The monoisotopic (exact) mass is 420 g/mol. The van der Waals surface area contributed by atoms with E-state index in [1.807, 2.05) is 26.8 Å².